The van der Waals surface area contributed by atoms with E-state index in [4.69, 9.17) is 9.52 Å². The van der Waals surface area contributed by atoms with Gasteiger partial charge in [-0.3, -0.25) is 9.59 Å². The van der Waals surface area contributed by atoms with Gasteiger partial charge in [0.25, 0.3) is 5.91 Å². The molecular formula is C14H20N2O5. The van der Waals surface area contributed by atoms with Crippen molar-refractivity contribution in [2.45, 2.75) is 39.3 Å². The summed E-state index contributed by atoms with van der Waals surface area (Å²) in [5, 5.41) is 13.9. The SMILES string of the molecule is CC(C)CC(NC(=O)C(C)NC(=O)c1ccco1)C(=O)O. The molecule has 116 valence electrons. The van der Waals surface area contributed by atoms with E-state index in [9.17, 15) is 14.4 Å². The molecule has 2 atom stereocenters. The maximum absolute atomic E-state index is 11.9. The van der Waals surface area contributed by atoms with Crippen LogP contribution < -0.4 is 10.6 Å². The first-order valence-corrected chi connectivity index (χ1v) is 6.68. The Labute approximate surface area is 122 Å². The third-order valence-corrected chi connectivity index (χ3v) is 2.81. The number of carbonyl (C=O) groups is 3. The van der Waals surface area contributed by atoms with Crippen molar-refractivity contribution in [2.75, 3.05) is 0 Å². The molecule has 2 amide bonds. The molecule has 0 aliphatic rings. The van der Waals surface area contributed by atoms with Crippen LogP contribution in [-0.2, 0) is 9.59 Å². The van der Waals surface area contributed by atoms with Gasteiger partial charge in [-0.05, 0) is 31.4 Å². The molecule has 2 unspecified atom stereocenters. The molecule has 1 aromatic heterocycles. The highest BCUT2D eigenvalue weighted by molar-refractivity contribution is 5.96. The smallest absolute Gasteiger partial charge is 0.326 e. The van der Waals surface area contributed by atoms with Crippen molar-refractivity contribution in [1.29, 1.82) is 0 Å². The molecule has 0 saturated heterocycles. The molecule has 0 fully saturated rings. The molecule has 7 nitrogen and oxygen atoms in total. The van der Waals surface area contributed by atoms with Gasteiger partial charge in [0.2, 0.25) is 5.91 Å². The Morgan fingerprint density at radius 3 is 2.38 bits per heavy atom. The van der Waals surface area contributed by atoms with Gasteiger partial charge in [-0.25, -0.2) is 4.79 Å². The van der Waals surface area contributed by atoms with Crippen molar-refractivity contribution in [1.82, 2.24) is 10.6 Å². The summed E-state index contributed by atoms with van der Waals surface area (Å²) in [7, 11) is 0. The number of carbonyl (C=O) groups excluding carboxylic acids is 2. The van der Waals surface area contributed by atoms with Crippen molar-refractivity contribution >= 4 is 17.8 Å². The number of furan rings is 1. The summed E-state index contributed by atoms with van der Waals surface area (Å²) < 4.78 is 4.91. The molecule has 1 aromatic rings. The van der Waals surface area contributed by atoms with E-state index in [1.54, 1.807) is 6.07 Å². The highest BCUT2D eigenvalue weighted by Gasteiger charge is 2.25. The molecule has 0 aliphatic heterocycles. The van der Waals surface area contributed by atoms with Gasteiger partial charge >= 0.3 is 5.97 Å². The Morgan fingerprint density at radius 1 is 1.24 bits per heavy atom. The summed E-state index contributed by atoms with van der Waals surface area (Å²) in [5.41, 5.74) is 0. The molecule has 1 rings (SSSR count). The van der Waals surface area contributed by atoms with E-state index in [-0.39, 0.29) is 11.7 Å². The summed E-state index contributed by atoms with van der Waals surface area (Å²) in [5.74, 6) is -1.96. The third kappa shape index (κ3) is 5.29. The Morgan fingerprint density at radius 2 is 1.90 bits per heavy atom. The van der Waals surface area contributed by atoms with Crippen LogP contribution >= 0.6 is 0 Å². The van der Waals surface area contributed by atoms with Crippen LogP contribution in [0.5, 0.6) is 0 Å². The first-order chi connectivity index (χ1) is 9.81. The third-order valence-electron chi connectivity index (χ3n) is 2.81. The number of carboxylic acid groups (broad SMARTS) is 1. The lowest BCUT2D eigenvalue weighted by atomic mass is 10.0. The van der Waals surface area contributed by atoms with Crippen LogP contribution in [0.25, 0.3) is 0 Å². The average molecular weight is 296 g/mol. The van der Waals surface area contributed by atoms with E-state index in [1.165, 1.54) is 19.3 Å². The van der Waals surface area contributed by atoms with Crippen LogP contribution in [0.1, 0.15) is 37.7 Å². The molecule has 3 N–H and O–H groups in total. The maximum Gasteiger partial charge on any atom is 0.326 e. The fraction of sp³-hybridized carbons (Fsp3) is 0.500. The first-order valence-electron chi connectivity index (χ1n) is 6.68. The number of aliphatic carboxylic acids is 1. The molecule has 0 bridgehead atoms. The van der Waals surface area contributed by atoms with Crippen LogP contribution in [0.3, 0.4) is 0 Å². The Balaban J connectivity index is 2.57. The van der Waals surface area contributed by atoms with Gasteiger partial charge in [-0.2, -0.15) is 0 Å². The van der Waals surface area contributed by atoms with Crippen molar-refractivity contribution < 1.29 is 23.9 Å². The molecule has 0 spiro atoms. The summed E-state index contributed by atoms with van der Waals surface area (Å²) in [4.78, 5) is 34.7. The van der Waals surface area contributed by atoms with E-state index >= 15 is 0 Å². The highest BCUT2D eigenvalue weighted by Crippen LogP contribution is 2.05. The van der Waals surface area contributed by atoms with Gasteiger partial charge in [0.15, 0.2) is 5.76 Å². The summed E-state index contributed by atoms with van der Waals surface area (Å²) in [6.45, 7) is 5.21. The standard InChI is InChI=1S/C14H20N2O5/c1-8(2)7-10(14(19)20)16-12(17)9(3)15-13(18)11-5-4-6-21-11/h4-6,8-10H,7H2,1-3H3,(H,15,18)(H,16,17)(H,19,20). The summed E-state index contributed by atoms with van der Waals surface area (Å²) in [6, 6.07) is 1.19. The van der Waals surface area contributed by atoms with Crippen LogP contribution in [0, 0.1) is 5.92 Å². The first kappa shape index (κ1) is 16.7. The van der Waals surface area contributed by atoms with Gasteiger partial charge < -0.3 is 20.2 Å². The summed E-state index contributed by atoms with van der Waals surface area (Å²) in [6.07, 6.45) is 1.67. The van der Waals surface area contributed by atoms with Crippen molar-refractivity contribution in [2.24, 2.45) is 5.92 Å². The van der Waals surface area contributed by atoms with E-state index in [0.717, 1.165) is 0 Å². The summed E-state index contributed by atoms with van der Waals surface area (Å²) >= 11 is 0. The minimum Gasteiger partial charge on any atom is -0.480 e. The molecular weight excluding hydrogens is 276 g/mol. The maximum atomic E-state index is 11.9. The van der Waals surface area contributed by atoms with Gasteiger partial charge in [0.05, 0.1) is 6.26 Å². The molecule has 0 saturated carbocycles. The molecule has 0 aliphatic carbocycles. The lowest BCUT2D eigenvalue weighted by Gasteiger charge is -2.19. The number of carboxylic acids is 1. The van der Waals surface area contributed by atoms with Gasteiger partial charge in [-0.1, -0.05) is 13.8 Å². The fourth-order valence-electron chi connectivity index (χ4n) is 1.73. The topological polar surface area (TPSA) is 109 Å². The largest absolute Gasteiger partial charge is 0.480 e. The molecule has 1 heterocycles. The van der Waals surface area contributed by atoms with Crippen molar-refractivity contribution in [3.63, 3.8) is 0 Å². The number of hydrogen-bond acceptors (Lipinski definition) is 4. The van der Waals surface area contributed by atoms with Crippen molar-refractivity contribution in [3.05, 3.63) is 24.2 Å². The van der Waals surface area contributed by atoms with Crippen LogP contribution in [0.15, 0.2) is 22.8 Å². The average Bonchev–Trinajstić information content (AvgIpc) is 2.90. The minimum atomic E-state index is -1.10. The van der Waals surface area contributed by atoms with Crippen LogP contribution in [0.2, 0.25) is 0 Å². The minimum absolute atomic E-state index is 0.0895. The Kier molecular flexibility index (Phi) is 5.95. The normalized spacial score (nSPS) is 13.5. The fourth-order valence-corrected chi connectivity index (χ4v) is 1.73. The highest BCUT2D eigenvalue weighted by atomic mass is 16.4. The van der Waals surface area contributed by atoms with Gasteiger partial charge in [-0.15, -0.1) is 0 Å². The van der Waals surface area contributed by atoms with E-state index in [2.05, 4.69) is 10.6 Å². The van der Waals surface area contributed by atoms with E-state index < -0.39 is 29.9 Å². The van der Waals surface area contributed by atoms with Crippen LogP contribution in [0.4, 0.5) is 0 Å². The monoisotopic (exact) mass is 296 g/mol. The second-order valence-electron chi connectivity index (χ2n) is 5.20. The lowest BCUT2D eigenvalue weighted by Crippen LogP contribution is -2.50. The van der Waals surface area contributed by atoms with Gasteiger partial charge in [0.1, 0.15) is 12.1 Å². The molecule has 0 aromatic carbocycles. The Hall–Kier alpha value is -2.31. The predicted molar refractivity (Wildman–Crippen MR) is 74.7 cm³/mol. The van der Waals surface area contributed by atoms with Crippen LogP contribution in [-0.4, -0.2) is 35.0 Å². The number of rotatable bonds is 7. The molecule has 7 heteroatoms. The van der Waals surface area contributed by atoms with Crippen molar-refractivity contribution in [3.8, 4) is 0 Å². The van der Waals surface area contributed by atoms with E-state index in [0.29, 0.717) is 6.42 Å². The zero-order valence-corrected chi connectivity index (χ0v) is 12.3. The molecule has 0 radical (unpaired) electrons. The second-order valence-corrected chi connectivity index (χ2v) is 5.20. The zero-order valence-electron chi connectivity index (χ0n) is 12.3. The predicted octanol–water partition coefficient (Wildman–Crippen LogP) is 1.01. The molecule has 21 heavy (non-hydrogen) atoms. The number of nitrogens with one attached hydrogen (secondary N) is 2. The lowest BCUT2D eigenvalue weighted by molar-refractivity contribution is -0.142. The number of amides is 2. The van der Waals surface area contributed by atoms with Gasteiger partial charge in [0, 0.05) is 0 Å². The zero-order chi connectivity index (χ0) is 16.0. The second kappa shape index (κ2) is 7.47. The quantitative estimate of drug-likeness (QED) is 0.696. The number of hydrogen-bond donors (Lipinski definition) is 3. The van der Waals surface area contributed by atoms with E-state index in [1.807, 2.05) is 13.8 Å². The Bertz CT molecular complexity index is 495.